The zero-order valence-electron chi connectivity index (χ0n) is 16.6. The van der Waals surface area contributed by atoms with Crippen molar-refractivity contribution in [2.24, 2.45) is 5.10 Å². The Morgan fingerprint density at radius 3 is 2.52 bits per heavy atom. The molecule has 0 saturated carbocycles. The lowest BCUT2D eigenvalue weighted by Crippen LogP contribution is -2.21. The summed E-state index contributed by atoms with van der Waals surface area (Å²) in [4.78, 5) is 12.2. The highest BCUT2D eigenvalue weighted by atomic mass is 32.2. The van der Waals surface area contributed by atoms with Crippen LogP contribution in [0.2, 0.25) is 0 Å². The first kappa shape index (κ1) is 20.6. The molecular weight excluding hydrogens is 386 g/mol. The van der Waals surface area contributed by atoms with Crippen LogP contribution in [-0.2, 0) is 11.3 Å². The molecule has 7 nitrogen and oxygen atoms in total. The van der Waals surface area contributed by atoms with Gasteiger partial charge in [0, 0.05) is 12.1 Å². The van der Waals surface area contributed by atoms with E-state index >= 15 is 0 Å². The maximum atomic E-state index is 12.2. The van der Waals surface area contributed by atoms with E-state index in [0.717, 1.165) is 28.4 Å². The molecule has 0 atom stereocenters. The fourth-order valence-electron chi connectivity index (χ4n) is 2.69. The number of thioether (sulfide) groups is 1. The molecule has 1 N–H and O–H groups in total. The first-order valence-corrected chi connectivity index (χ1v) is 10.2. The van der Waals surface area contributed by atoms with Crippen LogP contribution in [0.5, 0.6) is 5.75 Å². The van der Waals surface area contributed by atoms with Crippen LogP contribution in [0, 0.1) is 0 Å². The van der Waals surface area contributed by atoms with Crippen LogP contribution in [0.25, 0.3) is 11.4 Å². The molecule has 0 unspecified atom stereocenters. The SMILES string of the molecule is CCn1c(SCC(=O)NN=C(C)c2ccccc2)nnc1-c1ccc(OC)cc1. The van der Waals surface area contributed by atoms with Gasteiger partial charge in [0.25, 0.3) is 5.91 Å². The summed E-state index contributed by atoms with van der Waals surface area (Å²) in [6, 6.07) is 17.4. The summed E-state index contributed by atoms with van der Waals surface area (Å²) in [5, 5.41) is 13.4. The van der Waals surface area contributed by atoms with Gasteiger partial charge in [-0.15, -0.1) is 10.2 Å². The van der Waals surface area contributed by atoms with Crippen molar-refractivity contribution in [3.63, 3.8) is 0 Å². The van der Waals surface area contributed by atoms with Crippen molar-refractivity contribution < 1.29 is 9.53 Å². The number of carbonyl (C=O) groups excluding carboxylic acids is 1. The van der Waals surface area contributed by atoms with Gasteiger partial charge in [-0.05, 0) is 43.7 Å². The molecule has 0 spiro atoms. The molecule has 0 saturated heterocycles. The number of carbonyl (C=O) groups is 1. The van der Waals surface area contributed by atoms with E-state index in [2.05, 4.69) is 20.7 Å². The van der Waals surface area contributed by atoms with E-state index < -0.39 is 0 Å². The maximum Gasteiger partial charge on any atom is 0.250 e. The van der Waals surface area contributed by atoms with Gasteiger partial charge in [0.15, 0.2) is 11.0 Å². The first-order valence-electron chi connectivity index (χ1n) is 9.21. The largest absolute Gasteiger partial charge is 0.497 e. The monoisotopic (exact) mass is 409 g/mol. The number of nitrogens with one attached hydrogen (secondary N) is 1. The number of nitrogens with zero attached hydrogens (tertiary/aromatic N) is 4. The van der Waals surface area contributed by atoms with Crippen LogP contribution < -0.4 is 10.2 Å². The molecule has 0 fully saturated rings. The minimum absolute atomic E-state index is 0.193. The Morgan fingerprint density at radius 1 is 1.14 bits per heavy atom. The standard InChI is InChI=1S/C21H23N5O2S/c1-4-26-20(17-10-12-18(28-3)13-11-17)24-25-21(26)29-14-19(27)23-22-15(2)16-8-6-5-7-9-16/h5-13H,4,14H2,1-3H3,(H,23,27). The predicted molar refractivity (Wildman–Crippen MR) is 115 cm³/mol. The van der Waals surface area contributed by atoms with E-state index in [1.54, 1.807) is 7.11 Å². The smallest absolute Gasteiger partial charge is 0.250 e. The number of hydrogen-bond donors (Lipinski definition) is 1. The van der Waals surface area contributed by atoms with Crippen molar-refractivity contribution in [2.75, 3.05) is 12.9 Å². The van der Waals surface area contributed by atoms with Crippen molar-refractivity contribution in [3.8, 4) is 17.1 Å². The zero-order chi connectivity index (χ0) is 20.6. The molecule has 3 rings (SSSR count). The third-order valence-electron chi connectivity index (χ3n) is 4.25. The first-order chi connectivity index (χ1) is 14.1. The molecule has 29 heavy (non-hydrogen) atoms. The van der Waals surface area contributed by atoms with Crippen LogP contribution in [-0.4, -0.2) is 39.2 Å². The minimum Gasteiger partial charge on any atom is -0.497 e. The van der Waals surface area contributed by atoms with E-state index in [4.69, 9.17) is 4.74 Å². The highest BCUT2D eigenvalue weighted by Crippen LogP contribution is 2.25. The molecule has 0 aliphatic rings. The average Bonchev–Trinajstić information content (AvgIpc) is 3.19. The van der Waals surface area contributed by atoms with E-state index in [1.807, 2.05) is 73.0 Å². The number of hydrazone groups is 1. The quantitative estimate of drug-likeness (QED) is 0.349. The molecule has 0 radical (unpaired) electrons. The van der Waals surface area contributed by atoms with Gasteiger partial charge in [0.1, 0.15) is 5.75 Å². The second kappa shape index (κ2) is 9.88. The van der Waals surface area contributed by atoms with Gasteiger partial charge >= 0.3 is 0 Å². The lowest BCUT2D eigenvalue weighted by atomic mass is 10.1. The lowest BCUT2D eigenvalue weighted by Gasteiger charge is -2.08. The van der Waals surface area contributed by atoms with Crippen LogP contribution in [0.15, 0.2) is 64.9 Å². The Morgan fingerprint density at radius 2 is 1.86 bits per heavy atom. The highest BCUT2D eigenvalue weighted by Gasteiger charge is 2.14. The molecule has 150 valence electrons. The minimum atomic E-state index is -0.193. The number of methoxy groups -OCH3 is 1. The van der Waals surface area contributed by atoms with Crippen LogP contribution in [0.3, 0.4) is 0 Å². The van der Waals surface area contributed by atoms with Crippen molar-refractivity contribution in [1.29, 1.82) is 0 Å². The van der Waals surface area contributed by atoms with E-state index in [1.165, 1.54) is 11.8 Å². The Balaban J connectivity index is 1.63. The van der Waals surface area contributed by atoms with Crippen molar-refractivity contribution in [2.45, 2.75) is 25.5 Å². The summed E-state index contributed by atoms with van der Waals surface area (Å²) >= 11 is 1.33. The van der Waals surface area contributed by atoms with Crippen LogP contribution in [0.1, 0.15) is 19.4 Å². The molecule has 3 aromatic rings. The molecule has 1 amide bonds. The normalized spacial score (nSPS) is 11.3. The van der Waals surface area contributed by atoms with E-state index in [9.17, 15) is 4.79 Å². The summed E-state index contributed by atoms with van der Waals surface area (Å²) in [5.41, 5.74) is 5.26. The molecule has 0 bridgehead atoms. The topological polar surface area (TPSA) is 81.4 Å². The fraction of sp³-hybridized carbons (Fsp3) is 0.238. The van der Waals surface area contributed by atoms with Gasteiger partial charge in [0.2, 0.25) is 0 Å². The third-order valence-corrected chi connectivity index (χ3v) is 5.22. The number of rotatable bonds is 8. The summed E-state index contributed by atoms with van der Waals surface area (Å²) in [7, 11) is 1.63. The zero-order valence-corrected chi connectivity index (χ0v) is 17.4. The second-order valence-electron chi connectivity index (χ2n) is 6.17. The average molecular weight is 410 g/mol. The summed E-state index contributed by atoms with van der Waals surface area (Å²) in [6.07, 6.45) is 0. The van der Waals surface area contributed by atoms with Crippen LogP contribution >= 0.6 is 11.8 Å². The summed E-state index contributed by atoms with van der Waals surface area (Å²) in [5.74, 6) is 1.55. The predicted octanol–water partition coefficient (Wildman–Crippen LogP) is 3.61. The summed E-state index contributed by atoms with van der Waals surface area (Å²) in [6.45, 7) is 4.58. The lowest BCUT2D eigenvalue weighted by molar-refractivity contribution is -0.118. The third kappa shape index (κ3) is 5.23. The molecular formula is C21H23N5O2S. The van der Waals surface area contributed by atoms with Gasteiger partial charge in [-0.3, -0.25) is 4.79 Å². The molecule has 2 aromatic carbocycles. The summed E-state index contributed by atoms with van der Waals surface area (Å²) < 4.78 is 7.18. The van der Waals surface area contributed by atoms with Crippen molar-refractivity contribution >= 4 is 23.4 Å². The van der Waals surface area contributed by atoms with Gasteiger partial charge in [0.05, 0.1) is 18.6 Å². The van der Waals surface area contributed by atoms with Gasteiger partial charge < -0.3 is 9.30 Å². The Hall–Kier alpha value is -3.13. The molecule has 0 aliphatic carbocycles. The van der Waals surface area contributed by atoms with E-state index in [-0.39, 0.29) is 11.7 Å². The number of hydrogen-bond acceptors (Lipinski definition) is 6. The number of benzene rings is 2. The highest BCUT2D eigenvalue weighted by molar-refractivity contribution is 7.99. The maximum absolute atomic E-state index is 12.2. The van der Waals surface area contributed by atoms with Gasteiger partial charge in [-0.25, -0.2) is 5.43 Å². The molecule has 1 heterocycles. The van der Waals surface area contributed by atoms with E-state index in [0.29, 0.717) is 11.7 Å². The van der Waals surface area contributed by atoms with Crippen LogP contribution in [0.4, 0.5) is 0 Å². The Bertz CT molecular complexity index is 984. The Labute approximate surface area is 174 Å². The molecule has 8 heteroatoms. The van der Waals surface area contributed by atoms with Crippen molar-refractivity contribution in [3.05, 3.63) is 60.2 Å². The number of ether oxygens (including phenoxy) is 1. The molecule has 0 aliphatic heterocycles. The molecule has 1 aromatic heterocycles. The van der Waals surface area contributed by atoms with Gasteiger partial charge in [-0.2, -0.15) is 5.10 Å². The number of amides is 1. The van der Waals surface area contributed by atoms with Gasteiger partial charge in [-0.1, -0.05) is 42.1 Å². The second-order valence-corrected chi connectivity index (χ2v) is 7.11. The Kier molecular flexibility index (Phi) is 7.02. The number of aromatic nitrogens is 3. The van der Waals surface area contributed by atoms with Crippen molar-refractivity contribution in [1.82, 2.24) is 20.2 Å². The fourth-order valence-corrected chi connectivity index (χ4v) is 3.48.